The average molecular weight is 374 g/mol. The zero-order valence-corrected chi connectivity index (χ0v) is 16.0. The number of hydrogen-bond donors (Lipinski definition) is 1. The lowest BCUT2D eigenvalue weighted by molar-refractivity contribution is 0.167. The normalized spacial score (nSPS) is 15.3. The Bertz CT molecular complexity index is 884. The summed E-state index contributed by atoms with van der Waals surface area (Å²) in [6, 6.07) is 20.5. The average Bonchev–Trinajstić information content (AvgIpc) is 2.94. The summed E-state index contributed by atoms with van der Waals surface area (Å²) in [7, 11) is 0. The maximum absolute atomic E-state index is 10.7. The number of fused-ring (bicyclic) bond motifs is 1. The van der Waals surface area contributed by atoms with Gasteiger partial charge in [0.1, 0.15) is 12.4 Å². The molecule has 1 unspecified atom stereocenters. The maximum Gasteiger partial charge on any atom is 0.123 e. The van der Waals surface area contributed by atoms with Crippen LogP contribution < -0.4 is 4.74 Å². The maximum atomic E-state index is 10.7. The number of aromatic nitrogens is 1. The van der Waals surface area contributed by atoms with E-state index in [0.29, 0.717) is 13.0 Å². The highest BCUT2D eigenvalue weighted by Gasteiger charge is 2.18. The second-order valence-corrected chi connectivity index (χ2v) is 7.32. The second kappa shape index (κ2) is 9.00. The first-order chi connectivity index (χ1) is 13.8. The van der Waals surface area contributed by atoms with Gasteiger partial charge in [0.15, 0.2) is 0 Å². The number of ether oxygens (including phenoxy) is 1. The van der Waals surface area contributed by atoms with Crippen LogP contribution in [0.2, 0.25) is 0 Å². The minimum Gasteiger partial charge on any atom is -0.492 e. The standard InChI is InChI=1S/C24H26N2O2/c27-23(8-6-19-4-2-1-3-5-19)21-7-9-24-22(16-21)18-26(14-15-28-24)17-20-10-12-25-13-11-20/h1-5,7,9-13,16,23,27H,6,8,14-15,17-18H2. The van der Waals surface area contributed by atoms with Crippen LogP contribution in [0.3, 0.4) is 0 Å². The van der Waals surface area contributed by atoms with Gasteiger partial charge in [-0.25, -0.2) is 0 Å². The van der Waals surface area contributed by atoms with E-state index in [4.69, 9.17) is 4.74 Å². The van der Waals surface area contributed by atoms with Gasteiger partial charge >= 0.3 is 0 Å². The van der Waals surface area contributed by atoms with Gasteiger partial charge in [-0.3, -0.25) is 9.88 Å². The minimum atomic E-state index is -0.470. The Labute approximate surface area is 166 Å². The molecule has 4 nitrogen and oxygen atoms in total. The van der Waals surface area contributed by atoms with Crippen molar-refractivity contribution in [3.8, 4) is 5.75 Å². The van der Waals surface area contributed by atoms with E-state index in [0.717, 1.165) is 42.9 Å². The van der Waals surface area contributed by atoms with Crippen LogP contribution in [0, 0.1) is 0 Å². The molecule has 2 aromatic carbocycles. The van der Waals surface area contributed by atoms with Gasteiger partial charge in [-0.15, -0.1) is 0 Å². The minimum absolute atomic E-state index is 0.470. The number of benzene rings is 2. The van der Waals surface area contributed by atoms with Crippen LogP contribution >= 0.6 is 0 Å². The molecule has 0 spiro atoms. The zero-order chi connectivity index (χ0) is 19.2. The van der Waals surface area contributed by atoms with Gasteiger partial charge in [0.2, 0.25) is 0 Å². The SMILES string of the molecule is OC(CCc1ccccc1)c1ccc2c(c1)CN(Cc1ccncc1)CCO2. The van der Waals surface area contributed by atoms with E-state index in [9.17, 15) is 5.11 Å². The Morgan fingerprint density at radius 2 is 1.82 bits per heavy atom. The van der Waals surface area contributed by atoms with Gasteiger partial charge in [0.05, 0.1) is 6.10 Å². The third-order valence-electron chi connectivity index (χ3n) is 5.23. The number of aryl methyl sites for hydroxylation is 1. The third-order valence-corrected chi connectivity index (χ3v) is 5.23. The Kier molecular flexibility index (Phi) is 6.00. The lowest BCUT2D eigenvalue weighted by Gasteiger charge is -2.20. The van der Waals surface area contributed by atoms with Crippen LogP contribution in [-0.2, 0) is 19.5 Å². The largest absolute Gasteiger partial charge is 0.492 e. The molecule has 4 heteroatoms. The molecule has 1 N–H and O–H groups in total. The Morgan fingerprint density at radius 1 is 1.00 bits per heavy atom. The quantitative estimate of drug-likeness (QED) is 0.704. The van der Waals surface area contributed by atoms with Gasteiger partial charge in [-0.2, -0.15) is 0 Å². The number of aliphatic hydroxyl groups excluding tert-OH is 1. The Hall–Kier alpha value is -2.69. The zero-order valence-electron chi connectivity index (χ0n) is 16.0. The van der Waals surface area contributed by atoms with Crippen LogP contribution in [0.5, 0.6) is 5.75 Å². The van der Waals surface area contributed by atoms with E-state index < -0.39 is 6.10 Å². The van der Waals surface area contributed by atoms with Gasteiger partial charge < -0.3 is 9.84 Å². The van der Waals surface area contributed by atoms with Crippen molar-refractivity contribution in [2.45, 2.75) is 32.0 Å². The van der Waals surface area contributed by atoms with Crippen molar-refractivity contribution < 1.29 is 9.84 Å². The first kappa shape index (κ1) is 18.7. The molecule has 1 atom stereocenters. The van der Waals surface area contributed by atoms with Crippen LogP contribution in [-0.4, -0.2) is 28.1 Å². The predicted octanol–water partition coefficient (Wildman–Crippen LogP) is 4.14. The van der Waals surface area contributed by atoms with E-state index >= 15 is 0 Å². The monoisotopic (exact) mass is 374 g/mol. The molecule has 0 bridgehead atoms. The first-order valence-corrected chi connectivity index (χ1v) is 9.87. The van der Waals surface area contributed by atoms with Crippen molar-refractivity contribution in [1.29, 1.82) is 0 Å². The van der Waals surface area contributed by atoms with E-state index in [-0.39, 0.29) is 0 Å². The van der Waals surface area contributed by atoms with Crippen molar-refractivity contribution in [1.82, 2.24) is 9.88 Å². The number of rotatable bonds is 6. The van der Waals surface area contributed by atoms with E-state index in [2.05, 4.69) is 40.2 Å². The number of hydrogen-bond acceptors (Lipinski definition) is 4. The summed E-state index contributed by atoms with van der Waals surface area (Å²) in [6.07, 6.45) is 4.77. The highest BCUT2D eigenvalue weighted by molar-refractivity contribution is 5.39. The highest BCUT2D eigenvalue weighted by Crippen LogP contribution is 2.29. The number of nitrogens with zero attached hydrogens (tertiary/aromatic N) is 2. The number of pyridine rings is 1. The smallest absolute Gasteiger partial charge is 0.123 e. The molecule has 144 valence electrons. The molecule has 1 aliphatic rings. The fourth-order valence-electron chi connectivity index (χ4n) is 3.67. The summed E-state index contributed by atoms with van der Waals surface area (Å²) in [6.45, 7) is 3.24. The van der Waals surface area contributed by atoms with Crippen molar-refractivity contribution in [2.24, 2.45) is 0 Å². The Balaban J connectivity index is 1.44. The van der Waals surface area contributed by atoms with Crippen molar-refractivity contribution >= 4 is 0 Å². The third kappa shape index (κ3) is 4.77. The van der Waals surface area contributed by atoms with Gasteiger partial charge in [0, 0.05) is 37.6 Å². The first-order valence-electron chi connectivity index (χ1n) is 9.87. The van der Waals surface area contributed by atoms with Gasteiger partial charge in [-0.05, 0) is 53.8 Å². The molecule has 0 saturated heterocycles. The van der Waals surface area contributed by atoms with Crippen LogP contribution in [0.1, 0.15) is 34.8 Å². The lowest BCUT2D eigenvalue weighted by Crippen LogP contribution is -2.25. The van der Waals surface area contributed by atoms with E-state index in [1.54, 1.807) is 0 Å². The molecule has 1 aliphatic heterocycles. The number of aliphatic hydroxyl groups is 1. The molecule has 3 aromatic rings. The molecule has 0 saturated carbocycles. The molecule has 1 aromatic heterocycles. The van der Waals surface area contributed by atoms with Crippen LogP contribution in [0.15, 0.2) is 73.1 Å². The lowest BCUT2D eigenvalue weighted by atomic mass is 9.99. The molecule has 28 heavy (non-hydrogen) atoms. The second-order valence-electron chi connectivity index (χ2n) is 7.32. The van der Waals surface area contributed by atoms with Gasteiger partial charge in [-0.1, -0.05) is 36.4 Å². The fourth-order valence-corrected chi connectivity index (χ4v) is 3.67. The molecular weight excluding hydrogens is 348 g/mol. The molecule has 0 aliphatic carbocycles. The molecule has 0 radical (unpaired) electrons. The van der Waals surface area contributed by atoms with E-state index in [1.807, 2.05) is 42.7 Å². The van der Waals surface area contributed by atoms with Crippen molar-refractivity contribution in [3.63, 3.8) is 0 Å². The summed E-state index contributed by atoms with van der Waals surface area (Å²) in [5, 5.41) is 10.7. The summed E-state index contributed by atoms with van der Waals surface area (Å²) in [5.41, 5.74) is 4.60. The topological polar surface area (TPSA) is 45.6 Å². The molecule has 0 fully saturated rings. The van der Waals surface area contributed by atoms with E-state index in [1.165, 1.54) is 11.1 Å². The van der Waals surface area contributed by atoms with Crippen molar-refractivity contribution in [2.75, 3.05) is 13.2 Å². The molecular formula is C24H26N2O2. The van der Waals surface area contributed by atoms with Gasteiger partial charge in [0.25, 0.3) is 0 Å². The summed E-state index contributed by atoms with van der Waals surface area (Å²) in [5.74, 6) is 0.927. The van der Waals surface area contributed by atoms with Crippen LogP contribution in [0.4, 0.5) is 0 Å². The summed E-state index contributed by atoms with van der Waals surface area (Å²) < 4.78 is 5.94. The molecule has 0 amide bonds. The summed E-state index contributed by atoms with van der Waals surface area (Å²) in [4.78, 5) is 6.47. The molecule has 4 rings (SSSR count). The fraction of sp³-hybridized carbons (Fsp3) is 0.292. The highest BCUT2D eigenvalue weighted by atomic mass is 16.5. The molecule has 2 heterocycles. The van der Waals surface area contributed by atoms with Crippen molar-refractivity contribution in [3.05, 3.63) is 95.3 Å². The predicted molar refractivity (Wildman–Crippen MR) is 110 cm³/mol. The Morgan fingerprint density at radius 3 is 2.64 bits per heavy atom. The summed E-state index contributed by atoms with van der Waals surface area (Å²) >= 11 is 0. The van der Waals surface area contributed by atoms with Crippen LogP contribution in [0.25, 0.3) is 0 Å².